The van der Waals surface area contributed by atoms with Gasteiger partial charge in [0.15, 0.2) is 0 Å². The molecule has 1 aromatic carbocycles. The molecule has 0 aliphatic carbocycles. The first kappa shape index (κ1) is 31.3. The monoisotopic (exact) mass is 586 g/mol. The Morgan fingerprint density at radius 2 is 2.02 bits per heavy atom. The fourth-order valence-electron chi connectivity index (χ4n) is 7.32. The van der Waals surface area contributed by atoms with Crippen molar-refractivity contribution in [3.8, 4) is 0 Å². The second-order valence-corrected chi connectivity index (χ2v) is 12.6. The van der Waals surface area contributed by atoms with Gasteiger partial charge in [0.2, 0.25) is 5.91 Å². The van der Waals surface area contributed by atoms with Crippen LogP contribution in [-0.4, -0.2) is 70.8 Å². The molecule has 1 N–H and O–H groups in total. The van der Waals surface area contributed by atoms with Crippen LogP contribution in [0.2, 0.25) is 5.02 Å². The van der Waals surface area contributed by atoms with E-state index in [9.17, 15) is 19.5 Å². The lowest BCUT2D eigenvalue weighted by Crippen LogP contribution is -2.60. The van der Waals surface area contributed by atoms with E-state index in [1.807, 2.05) is 46.8 Å². The number of para-hydroxylation sites is 1. The molecule has 3 heterocycles. The van der Waals surface area contributed by atoms with Crippen LogP contribution in [0.3, 0.4) is 0 Å². The summed E-state index contributed by atoms with van der Waals surface area (Å²) >= 11 is 6.64. The van der Waals surface area contributed by atoms with Gasteiger partial charge in [0, 0.05) is 6.54 Å². The fourth-order valence-corrected chi connectivity index (χ4v) is 7.64. The predicted octanol–water partition coefficient (Wildman–Crippen LogP) is 4.70. The number of unbranched alkanes of at least 4 members (excludes halogenated alkanes) is 1. The van der Waals surface area contributed by atoms with Crippen molar-refractivity contribution in [3.05, 3.63) is 54.1 Å². The van der Waals surface area contributed by atoms with E-state index < -0.39 is 41.1 Å². The number of aryl methyl sites for hydroxylation is 1. The van der Waals surface area contributed by atoms with Gasteiger partial charge in [-0.15, -0.1) is 13.2 Å². The third-order valence-corrected chi connectivity index (χ3v) is 9.69. The number of rotatable bonds is 12. The van der Waals surface area contributed by atoms with E-state index in [1.54, 1.807) is 23.1 Å². The van der Waals surface area contributed by atoms with Gasteiger partial charge in [0.05, 0.1) is 41.5 Å². The molecule has 2 amide bonds. The Hall–Kier alpha value is -2.68. The SMILES string of the molecule is C=CCCCOC(=O)[C@H]1[C@H]2C(=O)N([C@@H](CO)C(C)C)C(C(=O)N(CC=C)c3c(C)cccc3Cl)C23CC(C)[C@]1(C)O3. The van der Waals surface area contributed by atoms with Crippen LogP contribution in [0.25, 0.3) is 0 Å². The molecule has 0 saturated carbocycles. The summed E-state index contributed by atoms with van der Waals surface area (Å²) in [6.07, 6.45) is 5.11. The fraction of sp³-hybridized carbons (Fsp3) is 0.594. The van der Waals surface area contributed by atoms with Crippen molar-refractivity contribution >= 4 is 35.1 Å². The van der Waals surface area contributed by atoms with Gasteiger partial charge >= 0.3 is 5.97 Å². The average Bonchev–Trinajstić information content (AvgIpc) is 3.42. The van der Waals surface area contributed by atoms with Crippen LogP contribution in [-0.2, 0) is 23.9 Å². The molecule has 0 radical (unpaired) electrons. The molecule has 1 spiro atoms. The number of carbonyl (C=O) groups excluding carboxylic acids is 3. The number of carbonyl (C=O) groups is 3. The van der Waals surface area contributed by atoms with Crippen LogP contribution in [0.4, 0.5) is 5.69 Å². The summed E-state index contributed by atoms with van der Waals surface area (Å²) in [7, 11) is 0. The standard InChI is InChI=1S/C32H43ClN2O6/c1-8-10-11-16-40-30(39)25-24-28(37)35(23(18-36)19(3)4)27(32(24)17-21(6)31(25,7)41-32)29(38)34(15-9-2)26-20(5)13-12-14-22(26)33/h8-9,12-14,19,21,23-25,27,36H,1-2,10-11,15-18H2,3-7H3/t21?,23-,24-,25+,27?,31-,32?/m0/s1. The number of aliphatic hydroxyl groups is 1. The number of nitrogens with zero attached hydrogens (tertiary/aromatic N) is 2. The van der Waals surface area contributed by atoms with Gasteiger partial charge in [-0.2, -0.15) is 0 Å². The zero-order valence-electron chi connectivity index (χ0n) is 24.8. The number of hydrogen-bond acceptors (Lipinski definition) is 6. The predicted molar refractivity (Wildman–Crippen MR) is 158 cm³/mol. The van der Waals surface area contributed by atoms with Crippen LogP contribution in [0.1, 0.15) is 52.5 Å². The van der Waals surface area contributed by atoms with E-state index in [0.717, 1.165) is 5.56 Å². The molecule has 3 unspecified atom stereocenters. The maximum atomic E-state index is 14.8. The minimum absolute atomic E-state index is 0.131. The van der Waals surface area contributed by atoms with E-state index in [-0.39, 0.29) is 43.4 Å². The number of allylic oxidation sites excluding steroid dienone is 1. The number of likely N-dealkylation sites (tertiary alicyclic amines) is 1. The third-order valence-electron chi connectivity index (χ3n) is 9.39. The number of esters is 1. The van der Waals surface area contributed by atoms with E-state index in [1.165, 1.54) is 4.90 Å². The maximum absolute atomic E-state index is 14.8. The molecule has 3 aliphatic heterocycles. The largest absolute Gasteiger partial charge is 0.465 e. The zero-order chi connectivity index (χ0) is 30.3. The number of fused-ring (bicyclic) bond motifs is 1. The number of amides is 2. The highest BCUT2D eigenvalue weighted by Crippen LogP contribution is 2.66. The Morgan fingerprint density at radius 3 is 2.61 bits per heavy atom. The summed E-state index contributed by atoms with van der Waals surface area (Å²) in [6, 6.07) is 3.65. The Morgan fingerprint density at radius 1 is 1.32 bits per heavy atom. The van der Waals surface area contributed by atoms with Crippen LogP contribution in [0, 0.1) is 30.6 Å². The van der Waals surface area contributed by atoms with Crippen LogP contribution >= 0.6 is 11.6 Å². The van der Waals surface area contributed by atoms with Crippen LogP contribution < -0.4 is 4.90 Å². The summed E-state index contributed by atoms with van der Waals surface area (Å²) in [5.41, 5.74) is -0.944. The molecule has 3 saturated heterocycles. The van der Waals surface area contributed by atoms with Crippen molar-refractivity contribution in [1.29, 1.82) is 0 Å². The molecule has 9 heteroatoms. The number of anilines is 1. The van der Waals surface area contributed by atoms with Crippen LogP contribution in [0.15, 0.2) is 43.5 Å². The van der Waals surface area contributed by atoms with E-state index in [0.29, 0.717) is 30.0 Å². The molecular weight excluding hydrogens is 544 g/mol. The summed E-state index contributed by atoms with van der Waals surface area (Å²) < 4.78 is 12.5. The number of benzene rings is 1. The minimum atomic E-state index is -1.27. The van der Waals surface area contributed by atoms with Gasteiger partial charge in [-0.1, -0.05) is 56.7 Å². The first-order valence-electron chi connectivity index (χ1n) is 14.5. The third kappa shape index (κ3) is 4.92. The molecule has 0 aromatic heterocycles. The van der Waals surface area contributed by atoms with Crippen molar-refractivity contribution in [2.24, 2.45) is 23.7 Å². The molecule has 41 heavy (non-hydrogen) atoms. The molecule has 7 atom stereocenters. The van der Waals surface area contributed by atoms with Crippen molar-refractivity contribution in [1.82, 2.24) is 4.90 Å². The Kier molecular flexibility index (Phi) is 9.07. The topological polar surface area (TPSA) is 96.4 Å². The van der Waals surface area contributed by atoms with Gasteiger partial charge in [-0.05, 0) is 56.6 Å². The number of ether oxygens (including phenoxy) is 2. The molecule has 8 nitrogen and oxygen atoms in total. The lowest BCUT2D eigenvalue weighted by atomic mass is 9.62. The molecule has 224 valence electrons. The molecule has 2 bridgehead atoms. The van der Waals surface area contributed by atoms with Gasteiger partial charge < -0.3 is 24.4 Å². The molecule has 4 rings (SSSR count). The van der Waals surface area contributed by atoms with Gasteiger partial charge in [-0.3, -0.25) is 14.4 Å². The normalized spacial score (nSPS) is 30.8. The summed E-state index contributed by atoms with van der Waals surface area (Å²) in [4.78, 5) is 46.0. The zero-order valence-corrected chi connectivity index (χ0v) is 25.5. The number of halogens is 1. The Bertz CT molecular complexity index is 1200. The second-order valence-electron chi connectivity index (χ2n) is 12.2. The Balaban J connectivity index is 1.86. The van der Waals surface area contributed by atoms with Gasteiger partial charge in [0.25, 0.3) is 5.91 Å². The molecule has 3 aliphatic rings. The maximum Gasteiger partial charge on any atom is 0.312 e. The summed E-state index contributed by atoms with van der Waals surface area (Å²) in [5.74, 6) is -3.35. The van der Waals surface area contributed by atoms with Crippen LogP contribution in [0.5, 0.6) is 0 Å². The lowest BCUT2D eigenvalue weighted by molar-refractivity contribution is -0.162. The Labute approximate surface area is 248 Å². The van der Waals surface area contributed by atoms with Crippen molar-refractivity contribution < 1.29 is 29.0 Å². The highest BCUT2D eigenvalue weighted by molar-refractivity contribution is 6.34. The summed E-state index contributed by atoms with van der Waals surface area (Å²) in [6.45, 7) is 17.1. The highest BCUT2D eigenvalue weighted by Gasteiger charge is 2.81. The first-order valence-corrected chi connectivity index (χ1v) is 14.9. The quantitative estimate of drug-likeness (QED) is 0.217. The van der Waals surface area contributed by atoms with Gasteiger partial charge in [0.1, 0.15) is 17.6 Å². The number of aliphatic hydroxyl groups excluding tert-OH is 1. The van der Waals surface area contributed by atoms with E-state index in [2.05, 4.69) is 13.2 Å². The smallest absolute Gasteiger partial charge is 0.312 e. The lowest BCUT2D eigenvalue weighted by Gasteiger charge is -2.41. The first-order chi connectivity index (χ1) is 19.4. The number of hydrogen-bond donors (Lipinski definition) is 1. The van der Waals surface area contributed by atoms with E-state index >= 15 is 0 Å². The van der Waals surface area contributed by atoms with Crippen molar-refractivity contribution in [2.45, 2.75) is 77.2 Å². The van der Waals surface area contributed by atoms with Gasteiger partial charge in [-0.25, -0.2) is 0 Å². The minimum Gasteiger partial charge on any atom is -0.465 e. The molecular formula is C32H43ClN2O6. The summed E-state index contributed by atoms with van der Waals surface area (Å²) in [5, 5.41) is 10.9. The average molecular weight is 587 g/mol. The molecule has 3 fully saturated rings. The molecule has 1 aromatic rings. The van der Waals surface area contributed by atoms with Crippen molar-refractivity contribution in [3.63, 3.8) is 0 Å². The van der Waals surface area contributed by atoms with E-state index in [4.69, 9.17) is 21.1 Å². The highest BCUT2D eigenvalue weighted by atomic mass is 35.5. The second kappa shape index (κ2) is 11.9. The van der Waals surface area contributed by atoms with Crippen molar-refractivity contribution in [2.75, 3.05) is 24.7 Å².